The van der Waals surface area contributed by atoms with E-state index in [2.05, 4.69) is 26.7 Å². The van der Waals surface area contributed by atoms with E-state index in [1.165, 1.54) is 11.8 Å². The first-order valence-corrected chi connectivity index (χ1v) is 11.6. The number of hydrogen-bond acceptors (Lipinski definition) is 7. The van der Waals surface area contributed by atoms with Crippen LogP contribution in [0.25, 0.3) is 10.9 Å². The molecule has 0 radical (unpaired) electrons. The summed E-state index contributed by atoms with van der Waals surface area (Å²) < 4.78 is 7.36. The summed E-state index contributed by atoms with van der Waals surface area (Å²) in [5, 5.41) is 17.3. The van der Waals surface area contributed by atoms with Gasteiger partial charge in [0.15, 0.2) is 5.16 Å². The number of carbonyl (C=O) groups excluding carboxylic acids is 1. The van der Waals surface area contributed by atoms with Crippen LogP contribution in [0, 0.1) is 25.2 Å². The van der Waals surface area contributed by atoms with Gasteiger partial charge in [-0.25, -0.2) is 9.97 Å². The molecular formula is C24H24N6O2S. The Morgan fingerprint density at radius 3 is 2.76 bits per heavy atom. The number of fused-ring (bicyclic) bond motifs is 1. The summed E-state index contributed by atoms with van der Waals surface area (Å²) >= 11 is 1.25. The summed E-state index contributed by atoms with van der Waals surface area (Å²) in [6.07, 6.45) is 1.60. The highest BCUT2D eigenvalue weighted by Crippen LogP contribution is 2.28. The third kappa shape index (κ3) is 4.71. The fourth-order valence-electron chi connectivity index (χ4n) is 3.61. The summed E-state index contributed by atoms with van der Waals surface area (Å²) in [6.45, 7) is 6.96. The Morgan fingerprint density at radius 1 is 1.21 bits per heavy atom. The van der Waals surface area contributed by atoms with Gasteiger partial charge in [0.25, 0.3) is 0 Å². The lowest BCUT2D eigenvalue weighted by Gasteiger charge is -2.12. The molecule has 2 N–H and O–H groups in total. The van der Waals surface area contributed by atoms with Crippen LogP contribution in [0.1, 0.15) is 29.5 Å². The Labute approximate surface area is 196 Å². The predicted molar refractivity (Wildman–Crippen MR) is 129 cm³/mol. The van der Waals surface area contributed by atoms with Crippen LogP contribution in [0.2, 0.25) is 0 Å². The minimum atomic E-state index is -0.239. The highest BCUT2D eigenvalue weighted by Gasteiger charge is 2.20. The second-order valence-electron chi connectivity index (χ2n) is 7.45. The van der Waals surface area contributed by atoms with Gasteiger partial charge in [-0.05, 0) is 50.6 Å². The third-order valence-corrected chi connectivity index (χ3v) is 6.20. The van der Waals surface area contributed by atoms with Crippen LogP contribution in [-0.4, -0.2) is 32.7 Å². The number of nitrogens with one attached hydrogen (secondary N) is 2. The van der Waals surface area contributed by atoms with E-state index in [1.807, 2.05) is 61.7 Å². The van der Waals surface area contributed by atoms with Crippen LogP contribution in [0.5, 0.6) is 0 Å². The number of amides is 1. The topological polar surface area (TPSA) is 109 Å². The average molecular weight is 461 g/mol. The first-order chi connectivity index (χ1) is 16.0. The molecule has 4 aromatic rings. The van der Waals surface area contributed by atoms with Gasteiger partial charge in [-0.3, -0.25) is 4.79 Å². The molecule has 33 heavy (non-hydrogen) atoms. The summed E-state index contributed by atoms with van der Waals surface area (Å²) in [4.78, 5) is 22.0. The zero-order valence-corrected chi connectivity index (χ0v) is 19.5. The molecule has 9 heteroatoms. The van der Waals surface area contributed by atoms with E-state index in [0.717, 1.165) is 40.3 Å². The van der Waals surface area contributed by atoms with Gasteiger partial charge in [0.05, 0.1) is 29.6 Å². The number of nitrogens with zero attached hydrogens (tertiary/aromatic N) is 4. The predicted octanol–water partition coefficient (Wildman–Crippen LogP) is 4.72. The maximum atomic E-state index is 12.9. The van der Waals surface area contributed by atoms with E-state index >= 15 is 0 Å². The van der Waals surface area contributed by atoms with Gasteiger partial charge in [0, 0.05) is 17.6 Å². The molecule has 1 aromatic carbocycles. The number of aromatic nitrogens is 3. The minimum absolute atomic E-state index is 0.110. The summed E-state index contributed by atoms with van der Waals surface area (Å²) in [5.41, 5.74) is 3.00. The van der Waals surface area contributed by atoms with Crippen molar-refractivity contribution in [3.8, 4) is 6.07 Å². The quantitative estimate of drug-likeness (QED) is 0.289. The Bertz CT molecular complexity index is 1340. The van der Waals surface area contributed by atoms with Gasteiger partial charge in [-0.2, -0.15) is 5.26 Å². The summed E-state index contributed by atoms with van der Waals surface area (Å²) in [6, 6.07) is 13.7. The fourth-order valence-corrected chi connectivity index (χ4v) is 4.26. The molecule has 0 bridgehead atoms. The van der Waals surface area contributed by atoms with E-state index < -0.39 is 0 Å². The van der Waals surface area contributed by atoms with E-state index in [4.69, 9.17) is 4.42 Å². The van der Waals surface area contributed by atoms with Crippen molar-refractivity contribution in [1.29, 1.82) is 5.26 Å². The maximum absolute atomic E-state index is 12.9. The number of furan rings is 1. The number of carbonyl (C=O) groups is 1. The van der Waals surface area contributed by atoms with Crippen molar-refractivity contribution >= 4 is 40.2 Å². The first kappa shape index (κ1) is 22.4. The molecule has 0 aliphatic carbocycles. The molecule has 0 fully saturated rings. The van der Waals surface area contributed by atoms with Gasteiger partial charge in [-0.15, -0.1) is 0 Å². The molecule has 3 aromatic heterocycles. The molecule has 0 aliphatic heterocycles. The van der Waals surface area contributed by atoms with Crippen molar-refractivity contribution in [3.05, 3.63) is 65.2 Å². The average Bonchev–Trinajstić information content (AvgIpc) is 3.41. The monoisotopic (exact) mass is 460 g/mol. The van der Waals surface area contributed by atoms with Gasteiger partial charge < -0.3 is 19.6 Å². The standard InChI is InChI=1S/C24H24N6O2S/c1-4-26-22-18-9-5-6-10-20(18)27-24(29-22)33-14-21(31)28-23-19(12-25)15(2)16(3)30(23)13-17-8-7-11-32-17/h5-11H,4,13-14H2,1-3H3,(H,28,31)(H,26,27,29). The Hall–Kier alpha value is -3.77. The number of benzene rings is 1. The normalized spacial score (nSPS) is 10.8. The second kappa shape index (κ2) is 9.79. The van der Waals surface area contributed by atoms with Crippen molar-refractivity contribution < 1.29 is 9.21 Å². The van der Waals surface area contributed by atoms with Gasteiger partial charge in [0.1, 0.15) is 23.5 Å². The van der Waals surface area contributed by atoms with Gasteiger partial charge in [-0.1, -0.05) is 23.9 Å². The van der Waals surface area contributed by atoms with Gasteiger partial charge >= 0.3 is 0 Å². The smallest absolute Gasteiger partial charge is 0.235 e. The number of rotatable bonds is 8. The summed E-state index contributed by atoms with van der Waals surface area (Å²) in [7, 11) is 0. The molecular weight excluding hydrogens is 436 g/mol. The Morgan fingerprint density at radius 2 is 2.03 bits per heavy atom. The Kier molecular flexibility index (Phi) is 6.66. The van der Waals surface area contributed by atoms with Crippen molar-refractivity contribution in [1.82, 2.24) is 14.5 Å². The van der Waals surface area contributed by atoms with Crippen molar-refractivity contribution in [2.75, 3.05) is 22.9 Å². The van der Waals surface area contributed by atoms with Crippen LogP contribution < -0.4 is 10.6 Å². The van der Waals surface area contributed by atoms with Crippen LogP contribution in [-0.2, 0) is 11.3 Å². The number of nitriles is 1. The molecule has 0 aliphatic rings. The lowest BCUT2D eigenvalue weighted by Crippen LogP contribution is -2.18. The number of hydrogen-bond donors (Lipinski definition) is 2. The fraction of sp³-hybridized carbons (Fsp3) is 0.250. The molecule has 0 saturated carbocycles. The van der Waals surface area contributed by atoms with Gasteiger partial charge in [0.2, 0.25) is 5.91 Å². The minimum Gasteiger partial charge on any atom is -0.467 e. The third-order valence-electron chi connectivity index (χ3n) is 5.35. The van der Waals surface area contributed by atoms with E-state index in [-0.39, 0.29) is 11.7 Å². The Balaban J connectivity index is 1.54. The lowest BCUT2D eigenvalue weighted by molar-refractivity contribution is -0.113. The first-order valence-electron chi connectivity index (χ1n) is 10.6. The maximum Gasteiger partial charge on any atom is 0.235 e. The molecule has 1 amide bonds. The molecule has 0 saturated heterocycles. The van der Waals surface area contributed by atoms with E-state index in [1.54, 1.807) is 6.26 Å². The SMILES string of the molecule is CCNc1nc(SCC(=O)Nc2c(C#N)c(C)c(C)n2Cc2ccco2)nc2ccccc12. The molecule has 4 rings (SSSR count). The van der Waals surface area contributed by atoms with Crippen LogP contribution in [0.4, 0.5) is 11.6 Å². The molecule has 0 unspecified atom stereocenters. The lowest BCUT2D eigenvalue weighted by atomic mass is 10.2. The number of anilines is 2. The van der Waals surface area contributed by atoms with Crippen molar-refractivity contribution in [3.63, 3.8) is 0 Å². The van der Waals surface area contributed by atoms with Crippen molar-refractivity contribution in [2.45, 2.75) is 32.5 Å². The number of thioether (sulfide) groups is 1. The molecule has 168 valence electrons. The molecule has 3 heterocycles. The largest absolute Gasteiger partial charge is 0.467 e. The van der Waals surface area contributed by atoms with Crippen LogP contribution in [0.15, 0.2) is 52.2 Å². The van der Waals surface area contributed by atoms with E-state index in [9.17, 15) is 10.1 Å². The molecule has 0 spiro atoms. The van der Waals surface area contributed by atoms with Crippen LogP contribution >= 0.6 is 11.8 Å². The number of para-hydroxylation sites is 1. The zero-order valence-electron chi connectivity index (χ0n) is 18.7. The summed E-state index contributed by atoms with van der Waals surface area (Å²) in [5.74, 6) is 1.83. The molecule has 0 atom stereocenters. The van der Waals surface area contributed by atoms with Crippen molar-refractivity contribution in [2.24, 2.45) is 0 Å². The molecule has 8 nitrogen and oxygen atoms in total. The highest BCUT2D eigenvalue weighted by molar-refractivity contribution is 7.99. The zero-order chi connectivity index (χ0) is 23.4. The van der Waals surface area contributed by atoms with Crippen LogP contribution in [0.3, 0.4) is 0 Å². The van der Waals surface area contributed by atoms with E-state index in [0.29, 0.717) is 23.1 Å². The second-order valence-corrected chi connectivity index (χ2v) is 8.39. The highest BCUT2D eigenvalue weighted by atomic mass is 32.2.